The van der Waals surface area contributed by atoms with Gasteiger partial charge in [0.15, 0.2) is 0 Å². The van der Waals surface area contributed by atoms with Crippen LogP contribution in [0.5, 0.6) is 0 Å². The summed E-state index contributed by atoms with van der Waals surface area (Å²) in [6.45, 7) is 4.11. The van der Waals surface area contributed by atoms with Crippen molar-refractivity contribution >= 4 is 11.6 Å². The van der Waals surface area contributed by atoms with Crippen LogP contribution in [0.4, 0.5) is 5.69 Å². The van der Waals surface area contributed by atoms with E-state index < -0.39 is 4.92 Å². The maximum absolute atomic E-state index is 12.1. The Morgan fingerprint density at radius 2 is 1.89 bits per heavy atom. The number of hydrogen-bond donors (Lipinski definition) is 1. The molecule has 0 spiro atoms. The van der Waals surface area contributed by atoms with Crippen LogP contribution in [0.15, 0.2) is 54.6 Å². The molecular weight excluding hydrogens is 358 g/mol. The number of carbonyl (C=O) groups excluding carboxylic acids is 1. The van der Waals surface area contributed by atoms with Crippen molar-refractivity contribution in [2.45, 2.75) is 18.9 Å². The second-order valence-corrected chi connectivity index (χ2v) is 6.84. The number of ether oxygens (including phenoxy) is 1. The molecule has 2 aromatic carbocycles. The third kappa shape index (κ3) is 5.61. The quantitative estimate of drug-likeness (QED) is 0.430. The largest absolute Gasteiger partial charge is 0.371 e. The average Bonchev–Trinajstić information content (AvgIpc) is 2.74. The van der Waals surface area contributed by atoms with E-state index in [4.69, 9.17) is 4.74 Å². The van der Waals surface area contributed by atoms with Crippen molar-refractivity contribution in [3.63, 3.8) is 0 Å². The van der Waals surface area contributed by atoms with Crippen LogP contribution in [0.2, 0.25) is 0 Å². The molecule has 1 unspecified atom stereocenters. The molecule has 7 heteroatoms. The lowest BCUT2D eigenvalue weighted by molar-refractivity contribution is -0.384. The van der Waals surface area contributed by atoms with E-state index in [1.54, 1.807) is 0 Å². The molecule has 28 heavy (non-hydrogen) atoms. The summed E-state index contributed by atoms with van der Waals surface area (Å²) in [4.78, 5) is 24.7. The van der Waals surface area contributed by atoms with Gasteiger partial charge < -0.3 is 10.1 Å². The minimum Gasteiger partial charge on any atom is -0.371 e. The van der Waals surface area contributed by atoms with Crippen LogP contribution in [0.3, 0.4) is 0 Å². The second-order valence-electron chi connectivity index (χ2n) is 6.84. The van der Waals surface area contributed by atoms with E-state index in [0.29, 0.717) is 12.1 Å². The fourth-order valence-corrected chi connectivity index (χ4v) is 3.27. The zero-order valence-electron chi connectivity index (χ0n) is 15.8. The molecule has 2 aromatic rings. The summed E-state index contributed by atoms with van der Waals surface area (Å²) in [5.74, 6) is -0.203. The lowest BCUT2D eigenvalue weighted by Crippen LogP contribution is -2.39. The Labute approximate surface area is 164 Å². The lowest BCUT2D eigenvalue weighted by atomic mass is 10.1. The Balaban J connectivity index is 1.35. The predicted molar refractivity (Wildman–Crippen MR) is 106 cm³/mol. The Bertz CT molecular complexity index is 780. The fourth-order valence-electron chi connectivity index (χ4n) is 3.27. The van der Waals surface area contributed by atoms with Crippen LogP contribution in [0, 0.1) is 10.1 Å². The molecule has 0 aromatic heterocycles. The fraction of sp³-hybridized carbons (Fsp3) is 0.381. The van der Waals surface area contributed by atoms with Crippen LogP contribution in [-0.2, 0) is 4.74 Å². The highest BCUT2D eigenvalue weighted by Crippen LogP contribution is 2.22. The van der Waals surface area contributed by atoms with E-state index in [9.17, 15) is 14.9 Å². The molecule has 1 amide bonds. The monoisotopic (exact) mass is 383 g/mol. The van der Waals surface area contributed by atoms with Crippen molar-refractivity contribution in [1.29, 1.82) is 0 Å². The first-order chi connectivity index (χ1) is 13.6. The molecule has 3 rings (SSSR count). The number of rotatable bonds is 8. The number of nitro groups is 1. The van der Waals surface area contributed by atoms with E-state index in [2.05, 4.69) is 22.3 Å². The van der Waals surface area contributed by atoms with Gasteiger partial charge in [-0.05, 0) is 37.1 Å². The summed E-state index contributed by atoms with van der Waals surface area (Å²) in [7, 11) is 0. The first kappa shape index (κ1) is 20.0. The van der Waals surface area contributed by atoms with Gasteiger partial charge in [0, 0.05) is 37.3 Å². The van der Waals surface area contributed by atoms with Crippen molar-refractivity contribution in [1.82, 2.24) is 10.2 Å². The number of morpholine rings is 1. The number of non-ortho nitro benzene ring substituents is 1. The summed E-state index contributed by atoms with van der Waals surface area (Å²) in [6, 6.07) is 15.9. The van der Waals surface area contributed by atoms with Crippen molar-refractivity contribution in [3.05, 3.63) is 75.8 Å². The van der Waals surface area contributed by atoms with E-state index in [1.807, 2.05) is 18.2 Å². The molecule has 1 saturated heterocycles. The van der Waals surface area contributed by atoms with Crippen LogP contribution in [0.1, 0.15) is 34.9 Å². The van der Waals surface area contributed by atoms with Gasteiger partial charge in [-0.2, -0.15) is 0 Å². The van der Waals surface area contributed by atoms with Crippen molar-refractivity contribution in [2.24, 2.45) is 0 Å². The van der Waals surface area contributed by atoms with Crippen LogP contribution in [-0.4, -0.2) is 48.5 Å². The molecule has 1 fully saturated rings. The number of amides is 1. The third-order valence-corrected chi connectivity index (χ3v) is 4.85. The zero-order chi connectivity index (χ0) is 19.8. The summed E-state index contributed by atoms with van der Waals surface area (Å²) < 4.78 is 5.88. The minimum absolute atomic E-state index is 0.0177. The van der Waals surface area contributed by atoms with Gasteiger partial charge in [0.25, 0.3) is 11.6 Å². The Morgan fingerprint density at radius 1 is 1.14 bits per heavy atom. The molecular formula is C21H25N3O4. The van der Waals surface area contributed by atoms with Gasteiger partial charge in [0.2, 0.25) is 0 Å². The standard InChI is InChI=1S/C21H25N3O4/c25-21(18-8-10-19(11-9-18)24(26)27)22-12-4-5-13-23-14-15-28-20(16-23)17-6-2-1-3-7-17/h1-3,6-11,20H,4-5,12-16H2,(H,22,25). The summed E-state index contributed by atoms with van der Waals surface area (Å²) in [5, 5.41) is 13.5. The Morgan fingerprint density at radius 3 is 2.61 bits per heavy atom. The molecule has 1 N–H and O–H groups in total. The molecule has 7 nitrogen and oxygen atoms in total. The number of carbonyl (C=O) groups is 1. The van der Waals surface area contributed by atoms with Gasteiger partial charge in [0.1, 0.15) is 0 Å². The molecule has 1 heterocycles. The maximum atomic E-state index is 12.1. The number of unbranched alkanes of at least 4 members (excludes halogenated alkanes) is 1. The van der Waals surface area contributed by atoms with Crippen molar-refractivity contribution in [2.75, 3.05) is 32.8 Å². The lowest BCUT2D eigenvalue weighted by Gasteiger charge is -2.33. The highest BCUT2D eigenvalue weighted by molar-refractivity contribution is 5.94. The molecule has 0 aliphatic carbocycles. The number of benzene rings is 2. The Hall–Kier alpha value is -2.77. The van der Waals surface area contributed by atoms with Gasteiger partial charge >= 0.3 is 0 Å². The van der Waals surface area contributed by atoms with Gasteiger partial charge in [-0.1, -0.05) is 30.3 Å². The molecule has 0 radical (unpaired) electrons. The Kier molecular flexibility index (Phi) is 7.11. The number of nitrogens with zero attached hydrogens (tertiary/aromatic N) is 2. The molecule has 148 valence electrons. The second kappa shape index (κ2) is 9.96. The van der Waals surface area contributed by atoms with Crippen molar-refractivity contribution < 1.29 is 14.5 Å². The first-order valence-corrected chi connectivity index (χ1v) is 9.55. The molecule has 1 aliphatic heterocycles. The highest BCUT2D eigenvalue weighted by atomic mass is 16.6. The SMILES string of the molecule is O=C(NCCCCN1CCOC(c2ccccc2)C1)c1ccc([N+](=O)[O-])cc1. The van der Waals surface area contributed by atoms with E-state index in [0.717, 1.165) is 39.1 Å². The summed E-state index contributed by atoms with van der Waals surface area (Å²) >= 11 is 0. The highest BCUT2D eigenvalue weighted by Gasteiger charge is 2.21. The number of hydrogen-bond acceptors (Lipinski definition) is 5. The van der Waals surface area contributed by atoms with Gasteiger partial charge in [-0.25, -0.2) is 0 Å². The van der Waals surface area contributed by atoms with Crippen LogP contribution < -0.4 is 5.32 Å². The van der Waals surface area contributed by atoms with Gasteiger partial charge in [-0.15, -0.1) is 0 Å². The smallest absolute Gasteiger partial charge is 0.269 e. The number of nitrogens with one attached hydrogen (secondary N) is 1. The number of nitro benzene ring substituents is 1. The molecule has 1 atom stereocenters. The normalized spacial score (nSPS) is 17.2. The predicted octanol–water partition coefficient (Wildman–Crippen LogP) is 3.18. The summed E-state index contributed by atoms with van der Waals surface area (Å²) in [5.41, 5.74) is 1.63. The molecule has 0 saturated carbocycles. The van der Waals surface area contributed by atoms with Crippen molar-refractivity contribution in [3.8, 4) is 0 Å². The average molecular weight is 383 g/mol. The summed E-state index contributed by atoms with van der Waals surface area (Å²) in [6.07, 6.45) is 1.99. The molecule has 1 aliphatic rings. The van der Waals surface area contributed by atoms with Gasteiger partial charge in [0.05, 0.1) is 17.6 Å². The molecule has 0 bridgehead atoms. The maximum Gasteiger partial charge on any atom is 0.269 e. The van der Waals surface area contributed by atoms with E-state index in [-0.39, 0.29) is 17.7 Å². The van der Waals surface area contributed by atoms with Crippen LogP contribution >= 0.6 is 0 Å². The van der Waals surface area contributed by atoms with Crippen LogP contribution in [0.25, 0.3) is 0 Å². The third-order valence-electron chi connectivity index (χ3n) is 4.85. The zero-order valence-corrected chi connectivity index (χ0v) is 15.8. The first-order valence-electron chi connectivity index (χ1n) is 9.55. The minimum atomic E-state index is -0.477. The van der Waals surface area contributed by atoms with Gasteiger partial charge in [-0.3, -0.25) is 19.8 Å². The van der Waals surface area contributed by atoms with E-state index in [1.165, 1.54) is 29.8 Å². The topological polar surface area (TPSA) is 84.7 Å². The van der Waals surface area contributed by atoms with E-state index >= 15 is 0 Å².